The van der Waals surface area contributed by atoms with Crippen LogP contribution in [0.5, 0.6) is 0 Å². The van der Waals surface area contributed by atoms with Crippen molar-refractivity contribution in [3.63, 3.8) is 0 Å². The zero-order chi connectivity index (χ0) is 14.1. The van der Waals surface area contributed by atoms with Gasteiger partial charge in [0.2, 0.25) is 0 Å². The van der Waals surface area contributed by atoms with E-state index in [4.69, 9.17) is 11.6 Å². The fraction of sp³-hybridized carbons (Fsp3) is 0.625. The summed E-state index contributed by atoms with van der Waals surface area (Å²) in [6, 6.07) is 2.72. The molecule has 1 saturated carbocycles. The average Bonchev–Trinajstić information content (AvgIpc) is 2.46. The van der Waals surface area contributed by atoms with Gasteiger partial charge in [-0.05, 0) is 42.4 Å². The molecule has 2 unspecified atom stereocenters. The first kappa shape index (κ1) is 14.1. The van der Waals surface area contributed by atoms with E-state index in [0.29, 0.717) is 11.5 Å². The summed E-state index contributed by atoms with van der Waals surface area (Å²) in [7, 11) is 0. The normalized spacial score (nSPS) is 26.4. The van der Waals surface area contributed by atoms with Gasteiger partial charge < -0.3 is 4.90 Å². The van der Waals surface area contributed by atoms with Crippen LogP contribution in [0.2, 0.25) is 0 Å². The second kappa shape index (κ2) is 5.88. The number of rotatable bonds is 2. The third-order valence-electron chi connectivity index (χ3n) is 4.84. The maximum Gasteiger partial charge on any atom is 0.149 e. The van der Waals surface area contributed by atoms with Crippen LogP contribution in [-0.2, 0) is 5.88 Å². The number of hydrogen-bond donors (Lipinski definition) is 0. The van der Waals surface area contributed by atoms with Gasteiger partial charge in [0.15, 0.2) is 0 Å². The van der Waals surface area contributed by atoms with Crippen molar-refractivity contribution in [2.45, 2.75) is 38.0 Å². The van der Waals surface area contributed by atoms with Gasteiger partial charge in [-0.1, -0.05) is 19.3 Å². The van der Waals surface area contributed by atoms with Crippen LogP contribution in [0.25, 0.3) is 0 Å². The molecule has 2 atom stereocenters. The fourth-order valence-electron chi connectivity index (χ4n) is 3.80. The van der Waals surface area contributed by atoms with E-state index < -0.39 is 11.6 Å². The predicted octanol–water partition coefficient (Wildman–Crippen LogP) is 4.72. The number of piperidine rings is 1. The Bertz CT molecular complexity index is 468. The topological polar surface area (TPSA) is 3.24 Å². The Balaban J connectivity index is 1.83. The monoisotopic (exact) mass is 299 g/mol. The summed E-state index contributed by atoms with van der Waals surface area (Å²) in [5.74, 6) is 0.542. The summed E-state index contributed by atoms with van der Waals surface area (Å²) < 4.78 is 28.3. The maximum absolute atomic E-state index is 14.2. The highest BCUT2D eigenvalue weighted by Crippen LogP contribution is 2.38. The Morgan fingerprint density at radius 1 is 1.05 bits per heavy atom. The lowest BCUT2D eigenvalue weighted by Gasteiger charge is -2.42. The SMILES string of the molecule is Fc1cc(CCl)cc(F)c1N1CCC2CCCCC2C1. The summed E-state index contributed by atoms with van der Waals surface area (Å²) in [4.78, 5) is 1.90. The second-order valence-electron chi connectivity index (χ2n) is 6.08. The van der Waals surface area contributed by atoms with Crippen molar-refractivity contribution >= 4 is 17.3 Å². The first-order chi connectivity index (χ1) is 9.69. The molecule has 1 aliphatic carbocycles. The van der Waals surface area contributed by atoms with Crippen LogP contribution in [0.3, 0.4) is 0 Å². The van der Waals surface area contributed by atoms with E-state index in [0.717, 1.165) is 25.4 Å². The Kier molecular flexibility index (Phi) is 4.16. The van der Waals surface area contributed by atoms with Crippen molar-refractivity contribution in [2.75, 3.05) is 18.0 Å². The summed E-state index contributed by atoms with van der Waals surface area (Å²) in [5, 5.41) is 0. The third-order valence-corrected chi connectivity index (χ3v) is 5.15. The highest BCUT2D eigenvalue weighted by atomic mass is 35.5. The second-order valence-corrected chi connectivity index (χ2v) is 6.35. The summed E-state index contributed by atoms with van der Waals surface area (Å²) in [6.45, 7) is 1.55. The number of halogens is 3. The summed E-state index contributed by atoms with van der Waals surface area (Å²) in [5.41, 5.74) is 0.640. The van der Waals surface area contributed by atoms with Crippen LogP contribution in [-0.4, -0.2) is 13.1 Å². The van der Waals surface area contributed by atoms with Crippen LogP contribution in [0.15, 0.2) is 12.1 Å². The smallest absolute Gasteiger partial charge is 0.149 e. The van der Waals surface area contributed by atoms with Crippen LogP contribution in [0.1, 0.15) is 37.7 Å². The first-order valence-corrected chi connectivity index (χ1v) is 8.01. The molecule has 3 rings (SSSR count). The highest BCUT2D eigenvalue weighted by Gasteiger charge is 2.33. The Morgan fingerprint density at radius 2 is 1.70 bits per heavy atom. The lowest BCUT2D eigenvalue weighted by molar-refractivity contribution is 0.201. The van der Waals surface area contributed by atoms with Crippen LogP contribution >= 0.6 is 11.6 Å². The van der Waals surface area contributed by atoms with Gasteiger partial charge in [-0.2, -0.15) is 0 Å². The van der Waals surface area contributed by atoms with Gasteiger partial charge in [-0.25, -0.2) is 8.78 Å². The minimum Gasteiger partial charge on any atom is -0.366 e. The Labute approximate surface area is 123 Å². The molecule has 1 heterocycles. The molecule has 1 nitrogen and oxygen atoms in total. The molecule has 1 aromatic rings. The van der Waals surface area contributed by atoms with Crippen molar-refractivity contribution in [3.8, 4) is 0 Å². The largest absolute Gasteiger partial charge is 0.366 e. The molecule has 0 spiro atoms. The number of fused-ring (bicyclic) bond motifs is 1. The molecule has 1 aromatic carbocycles. The highest BCUT2D eigenvalue weighted by molar-refractivity contribution is 6.17. The first-order valence-electron chi connectivity index (χ1n) is 7.48. The molecular weight excluding hydrogens is 280 g/mol. The summed E-state index contributed by atoms with van der Waals surface area (Å²) in [6.07, 6.45) is 6.11. The zero-order valence-corrected chi connectivity index (χ0v) is 12.3. The molecule has 0 radical (unpaired) electrons. The molecule has 2 fully saturated rings. The van der Waals surface area contributed by atoms with E-state index in [2.05, 4.69) is 0 Å². The van der Waals surface area contributed by atoms with E-state index >= 15 is 0 Å². The molecule has 2 aliphatic rings. The molecule has 4 heteroatoms. The predicted molar refractivity (Wildman–Crippen MR) is 78.2 cm³/mol. The zero-order valence-electron chi connectivity index (χ0n) is 11.5. The Hall–Kier alpha value is -0.830. The van der Waals surface area contributed by atoms with Crippen LogP contribution < -0.4 is 4.90 Å². The molecule has 0 N–H and O–H groups in total. The van der Waals surface area contributed by atoms with Gasteiger partial charge in [0.1, 0.15) is 17.3 Å². The van der Waals surface area contributed by atoms with Crippen molar-refractivity contribution in [3.05, 3.63) is 29.3 Å². The fourth-order valence-corrected chi connectivity index (χ4v) is 3.96. The maximum atomic E-state index is 14.2. The van der Waals surface area contributed by atoms with E-state index in [-0.39, 0.29) is 11.6 Å². The molecule has 0 bridgehead atoms. The summed E-state index contributed by atoms with van der Waals surface area (Å²) >= 11 is 5.65. The van der Waals surface area contributed by atoms with Crippen LogP contribution in [0, 0.1) is 23.5 Å². The van der Waals surface area contributed by atoms with E-state index in [1.165, 1.54) is 37.8 Å². The van der Waals surface area contributed by atoms with Crippen molar-refractivity contribution in [2.24, 2.45) is 11.8 Å². The standard InChI is InChI=1S/C16H20ClF2N/c17-9-11-7-14(18)16(15(19)8-11)20-6-5-12-3-1-2-4-13(12)10-20/h7-8,12-13H,1-6,9-10H2. The average molecular weight is 300 g/mol. The molecular formula is C16H20ClF2N. The third kappa shape index (κ3) is 2.65. The van der Waals surface area contributed by atoms with Crippen molar-refractivity contribution < 1.29 is 8.78 Å². The molecule has 1 aliphatic heterocycles. The minimum absolute atomic E-state index is 0.138. The van der Waals surface area contributed by atoms with Crippen molar-refractivity contribution in [1.29, 1.82) is 0 Å². The number of hydrogen-bond acceptors (Lipinski definition) is 1. The quantitative estimate of drug-likeness (QED) is 0.714. The number of anilines is 1. The van der Waals surface area contributed by atoms with Gasteiger partial charge in [-0.15, -0.1) is 11.6 Å². The Morgan fingerprint density at radius 3 is 2.35 bits per heavy atom. The molecule has 0 aromatic heterocycles. The number of benzene rings is 1. The molecule has 20 heavy (non-hydrogen) atoms. The van der Waals surface area contributed by atoms with Gasteiger partial charge in [-0.3, -0.25) is 0 Å². The van der Waals surface area contributed by atoms with Gasteiger partial charge >= 0.3 is 0 Å². The van der Waals surface area contributed by atoms with E-state index in [9.17, 15) is 8.78 Å². The van der Waals surface area contributed by atoms with Gasteiger partial charge in [0, 0.05) is 19.0 Å². The molecule has 0 amide bonds. The van der Waals surface area contributed by atoms with E-state index in [1.807, 2.05) is 4.90 Å². The molecule has 110 valence electrons. The lowest BCUT2D eigenvalue weighted by Crippen LogP contribution is -2.42. The van der Waals surface area contributed by atoms with Crippen LogP contribution in [0.4, 0.5) is 14.5 Å². The van der Waals surface area contributed by atoms with Gasteiger partial charge in [0.05, 0.1) is 0 Å². The van der Waals surface area contributed by atoms with Gasteiger partial charge in [0.25, 0.3) is 0 Å². The van der Waals surface area contributed by atoms with E-state index in [1.54, 1.807) is 0 Å². The number of nitrogens with zero attached hydrogens (tertiary/aromatic N) is 1. The molecule has 1 saturated heterocycles. The minimum atomic E-state index is -0.477. The number of alkyl halides is 1. The van der Waals surface area contributed by atoms with Crippen molar-refractivity contribution in [1.82, 2.24) is 0 Å². The lowest BCUT2D eigenvalue weighted by atomic mass is 9.75.